The largest absolute Gasteiger partial charge is 0.354 e. The molecule has 7 heteroatoms. The Balaban J connectivity index is 1.76. The van der Waals surface area contributed by atoms with E-state index in [1.807, 2.05) is 0 Å². The highest BCUT2D eigenvalue weighted by Crippen LogP contribution is 2.20. The summed E-state index contributed by atoms with van der Waals surface area (Å²) >= 11 is 6.02. The van der Waals surface area contributed by atoms with Crippen molar-refractivity contribution in [3.05, 3.63) is 64.9 Å². The maximum Gasteiger partial charge on any atom is 0.238 e. The molecule has 0 bridgehead atoms. The van der Waals surface area contributed by atoms with Crippen molar-refractivity contribution in [1.82, 2.24) is 10.2 Å². The van der Waals surface area contributed by atoms with Crippen LogP contribution >= 0.6 is 11.6 Å². The molecule has 144 valence electrons. The van der Waals surface area contributed by atoms with Gasteiger partial charge in [-0.2, -0.15) is 0 Å². The molecule has 2 N–H and O–H groups in total. The molecule has 1 unspecified atom stereocenters. The SMILES string of the molecule is CC(C(=O)NCCc1ccc(F)cc1)N(C)CC(=O)Nc1ccccc1Cl. The first-order valence-electron chi connectivity index (χ1n) is 8.63. The van der Waals surface area contributed by atoms with Gasteiger partial charge in [0.25, 0.3) is 0 Å². The topological polar surface area (TPSA) is 61.4 Å². The predicted molar refractivity (Wildman–Crippen MR) is 105 cm³/mol. The second-order valence-corrected chi connectivity index (χ2v) is 6.69. The Bertz CT molecular complexity index is 783. The zero-order chi connectivity index (χ0) is 19.8. The van der Waals surface area contributed by atoms with Crippen LogP contribution in [0.1, 0.15) is 12.5 Å². The van der Waals surface area contributed by atoms with Gasteiger partial charge in [-0.3, -0.25) is 14.5 Å². The third-order valence-corrected chi connectivity index (χ3v) is 4.54. The number of anilines is 1. The van der Waals surface area contributed by atoms with Gasteiger partial charge in [0.1, 0.15) is 5.82 Å². The van der Waals surface area contributed by atoms with Gasteiger partial charge in [0.15, 0.2) is 0 Å². The molecule has 0 aliphatic carbocycles. The Hall–Kier alpha value is -2.44. The fourth-order valence-electron chi connectivity index (χ4n) is 2.44. The van der Waals surface area contributed by atoms with Crippen molar-refractivity contribution in [1.29, 1.82) is 0 Å². The van der Waals surface area contributed by atoms with Gasteiger partial charge in [0, 0.05) is 6.54 Å². The lowest BCUT2D eigenvalue weighted by atomic mass is 10.1. The quantitative estimate of drug-likeness (QED) is 0.727. The van der Waals surface area contributed by atoms with Gasteiger partial charge in [-0.05, 0) is 50.2 Å². The molecule has 0 fully saturated rings. The van der Waals surface area contributed by atoms with Crippen LogP contribution in [0.5, 0.6) is 0 Å². The molecule has 5 nitrogen and oxygen atoms in total. The van der Waals surface area contributed by atoms with Crippen LogP contribution in [0.3, 0.4) is 0 Å². The van der Waals surface area contributed by atoms with Crippen LogP contribution in [0.4, 0.5) is 10.1 Å². The summed E-state index contributed by atoms with van der Waals surface area (Å²) in [7, 11) is 1.70. The minimum absolute atomic E-state index is 0.0533. The number of halogens is 2. The molecule has 2 amide bonds. The molecule has 0 aliphatic heterocycles. The molecular weight excluding hydrogens is 369 g/mol. The van der Waals surface area contributed by atoms with Crippen molar-refractivity contribution in [3.63, 3.8) is 0 Å². The number of benzene rings is 2. The first-order valence-corrected chi connectivity index (χ1v) is 9.01. The van der Waals surface area contributed by atoms with Gasteiger partial charge in [0.05, 0.1) is 23.3 Å². The van der Waals surface area contributed by atoms with E-state index in [1.165, 1.54) is 12.1 Å². The van der Waals surface area contributed by atoms with E-state index in [0.29, 0.717) is 23.7 Å². The summed E-state index contributed by atoms with van der Waals surface area (Å²) in [4.78, 5) is 26.1. The smallest absolute Gasteiger partial charge is 0.238 e. The zero-order valence-electron chi connectivity index (χ0n) is 15.3. The van der Waals surface area contributed by atoms with Crippen LogP contribution in [0, 0.1) is 5.82 Å². The summed E-state index contributed by atoms with van der Waals surface area (Å²) in [5.41, 5.74) is 1.48. The molecule has 0 aromatic heterocycles. The van der Waals surface area contributed by atoms with Crippen molar-refractivity contribution < 1.29 is 14.0 Å². The number of carbonyl (C=O) groups excluding carboxylic acids is 2. The number of hydrogen-bond acceptors (Lipinski definition) is 3. The van der Waals surface area contributed by atoms with Crippen LogP contribution in [-0.4, -0.2) is 42.9 Å². The molecule has 0 saturated heterocycles. The fraction of sp³-hybridized carbons (Fsp3) is 0.300. The van der Waals surface area contributed by atoms with E-state index in [9.17, 15) is 14.0 Å². The Morgan fingerprint density at radius 2 is 1.81 bits per heavy atom. The Morgan fingerprint density at radius 1 is 1.15 bits per heavy atom. The molecular formula is C20H23ClFN3O2. The summed E-state index contributed by atoms with van der Waals surface area (Å²) in [5, 5.41) is 6.02. The van der Waals surface area contributed by atoms with E-state index >= 15 is 0 Å². The van der Waals surface area contributed by atoms with E-state index in [4.69, 9.17) is 11.6 Å². The second-order valence-electron chi connectivity index (χ2n) is 6.29. The molecule has 2 rings (SSSR count). The highest BCUT2D eigenvalue weighted by Gasteiger charge is 2.20. The van der Waals surface area contributed by atoms with Gasteiger partial charge in [0.2, 0.25) is 11.8 Å². The second kappa shape index (κ2) is 10.0. The number of para-hydroxylation sites is 1. The van der Waals surface area contributed by atoms with E-state index in [0.717, 1.165) is 5.56 Å². The van der Waals surface area contributed by atoms with Crippen molar-refractivity contribution in [2.24, 2.45) is 0 Å². The Labute approximate surface area is 163 Å². The van der Waals surface area contributed by atoms with Gasteiger partial charge in [-0.15, -0.1) is 0 Å². The molecule has 0 saturated carbocycles. The maximum absolute atomic E-state index is 12.9. The van der Waals surface area contributed by atoms with Crippen LogP contribution in [0.2, 0.25) is 5.02 Å². The number of likely N-dealkylation sites (N-methyl/N-ethyl adjacent to an activating group) is 1. The zero-order valence-corrected chi connectivity index (χ0v) is 16.1. The van der Waals surface area contributed by atoms with Gasteiger partial charge < -0.3 is 10.6 Å². The van der Waals surface area contributed by atoms with Crippen molar-refractivity contribution in [2.75, 3.05) is 25.5 Å². The van der Waals surface area contributed by atoms with E-state index in [-0.39, 0.29) is 24.2 Å². The molecule has 0 spiro atoms. The average Bonchev–Trinajstić information content (AvgIpc) is 2.64. The third-order valence-electron chi connectivity index (χ3n) is 4.21. The standard InChI is InChI=1S/C20H23ClFN3O2/c1-14(20(27)23-12-11-15-7-9-16(22)10-8-15)25(2)13-19(26)24-18-6-4-3-5-17(18)21/h3-10,14H,11-13H2,1-2H3,(H,23,27)(H,24,26). The van der Waals surface area contributed by atoms with Crippen LogP contribution < -0.4 is 10.6 Å². The fourth-order valence-corrected chi connectivity index (χ4v) is 2.63. The minimum atomic E-state index is -0.477. The van der Waals surface area contributed by atoms with Gasteiger partial charge in [-0.25, -0.2) is 4.39 Å². The minimum Gasteiger partial charge on any atom is -0.354 e. The normalized spacial score (nSPS) is 11.9. The molecule has 0 aliphatic rings. The van der Waals surface area contributed by atoms with Crippen molar-refractivity contribution in [2.45, 2.75) is 19.4 Å². The summed E-state index contributed by atoms with van der Waals surface area (Å²) in [6.45, 7) is 2.22. The molecule has 2 aromatic rings. The molecule has 0 radical (unpaired) electrons. The van der Waals surface area contributed by atoms with Gasteiger partial charge >= 0.3 is 0 Å². The van der Waals surface area contributed by atoms with Crippen molar-refractivity contribution in [3.8, 4) is 0 Å². The monoisotopic (exact) mass is 391 g/mol. The van der Waals surface area contributed by atoms with E-state index in [2.05, 4.69) is 10.6 Å². The number of hydrogen-bond donors (Lipinski definition) is 2. The number of nitrogens with one attached hydrogen (secondary N) is 2. The number of nitrogens with zero attached hydrogens (tertiary/aromatic N) is 1. The van der Waals surface area contributed by atoms with Gasteiger partial charge in [-0.1, -0.05) is 35.9 Å². The van der Waals surface area contributed by atoms with Crippen molar-refractivity contribution >= 4 is 29.1 Å². The molecule has 2 aromatic carbocycles. The van der Waals surface area contributed by atoms with Crippen LogP contribution in [0.25, 0.3) is 0 Å². The van der Waals surface area contributed by atoms with E-state index in [1.54, 1.807) is 55.3 Å². The van der Waals surface area contributed by atoms with E-state index < -0.39 is 6.04 Å². The maximum atomic E-state index is 12.9. The molecule has 27 heavy (non-hydrogen) atoms. The summed E-state index contributed by atoms with van der Waals surface area (Å²) in [6.07, 6.45) is 0.607. The first-order chi connectivity index (χ1) is 12.9. The molecule has 1 atom stereocenters. The summed E-state index contributed by atoms with van der Waals surface area (Å²) in [5.74, 6) is -0.713. The lowest BCUT2D eigenvalue weighted by Gasteiger charge is -2.23. The Morgan fingerprint density at radius 3 is 2.48 bits per heavy atom. The van der Waals surface area contributed by atoms with Crippen LogP contribution in [-0.2, 0) is 16.0 Å². The lowest BCUT2D eigenvalue weighted by molar-refractivity contribution is -0.126. The highest BCUT2D eigenvalue weighted by molar-refractivity contribution is 6.33. The summed E-state index contributed by atoms with van der Waals surface area (Å²) < 4.78 is 12.9. The lowest BCUT2D eigenvalue weighted by Crippen LogP contribution is -2.46. The number of carbonyl (C=O) groups is 2. The first kappa shape index (κ1) is 20.9. The average molecular weight is 392 g/mol. The van der Waals surface area contributed by atoms with Crippen LogP contribution in [0.15, 0.2) is 48.5 Å². The number of amides is 2. The number of rotatable bonds is 8. The third kappa shape index (κ3) is 6.66. The highest BCUT2D eigenvalue weighted by atomic mass is 35.5. The molecule has 0 heterocycles. The predicted octanol–water partition coefficient (Wildman–Crippen LogP) is 3.10. The Kier molecular flexibility index (Phi) is 7.76. The summed E-state index contributed by atoms with van der Waals surface area (Å²) in [6, 6.07) is 12.7.